The van der Waals surface area contributed by atoms with Crippen LogP contribution in [0.3, 0.4) is 0 Å². The first kappa shape index (κ1) is 13.8. The standard InChI is InChI=1S/C14H16F2N2O/c15-13-10(9-17)5-6-12(14(13)16)18(7-8-19)11-3-1-2-4-11/h5-6,11,19H,1-4,7-8H2. The SMILES string of the molecule is N#Cc1ccc(N(CCO)C2CCCC2)c(F)c1F. The van der Waals surface area contributed by atoms with Gasteiger partial charge in [-0.2, -0.15) is 5.26 Å². The minimum absolute atomic E-state index is 0.114. The van der Waals surface area contributed by atoms with Gasteiger partial charge < -0.3 is 10.0 Å². The second-order valence-electron chi connectivity index (χ2n) is 4.73. The van der Waals surface area contributed by atoms with Gasteiger partial charge in [-0.1, -0.05) is 12.8 Å². The Hall–Kier alpha value is -1.67. The smallest absolute Gasteiger partial charge is 0.183 e. The normalized spacial score (nSPS) is 15.5. The van der Waals surface area contributed by atoms with Crippen LogP contribution in [0.1, 0.15) is 31.2 Å². The summed E-state index contributed by atoms with van der Waals surface area (Å²) in [5.74, 6) is -2.11. The van der Waals surface area contributed by atoms with Gasteiger partial charge in [0.2, 0.25) is 0 Å². The van der Waals surface area contributed by atoms with Crippen molar-refractivity contribution in [2.75, 3.05) is 18.1 Å². The van der Waals surface area contributed by atoms with E-state index in [9.17, 15) is 8.78 Å². The summed E-state index contributed by atoms with van der Waals surface area (Å²) >= 11 is 0. The fraction of sp³-hybridized carbons (Fsp3) is 0.500. The highest BCUT2D eigenvalue weighted by molar-refractivity contribution is 5.53. The Kier molecular flexibility index (Phi) is 4.33. The molecule has 1 aromatic rings. The number of aliphatic hydroxyl groups excluding tert-OH is 1. The lowest BCUT2D eigenvalue weighted by Gasteiger charge is -2.31. The van der Waals surface area contributed by atoms with Gasteiger partial charge in [0.15, 0.2) is 11.6 Å². The number of benzene rings is 1. The van der Waals surface area contributed by atoms with Gasteiger partial charge in [0, 0.05) is 12.6 Å². The molecule has 0 saturated heterocycles. The fourth-order valence-corrected chi connectivity index (χ4v) is 2.67. The number of aliphatic hydroxyl groups is 1. The molecule has 0 aromatic heterocycles. The Morgan fingerprint density at radius 1 is 1.26 bits per heavy atom. The highest BCUT2D eigenvalue weighted by Crippen LogP contribution is 2.31. The summed E-state index contributed by atoms with van der Waals surface area (Å²) in [7, 11) is 0. The van der Waals surface area contributed by atoms with E-state index in [-0.39, 0.29) is 30.4 Å². The van der Waals surface area contributed by atoms with E-state index in [0.29, 0.717) is 0 Å². The summed E-state index contributed by atoms with van der Waals surface area (Å²) in [4.78, 5) is 1.71. The highest BCUT2D eigenvalue weighted by atomic mass is 19.2. The van der Waals surface area contributed by atoms with E-state index >= 15 is 0 Å². The van der Waals surface area contributed by atoms with E-state index in [2.05, 4.69) is 0 Å². The lowest BCUT2D eigenvalue weighted by atomic mass is 10.1. The molecular weight excluding hydrogens is 250 g/mol. The van der Waals surface area contributed by atoms with Crippen molar-refractivity contribution in [1.29, 1.82) is 5.26 Å². The lowest BCUT2D eigenvalue weighted by molar-refractivity contribution is 0.296. The van der Waals surface area contributed by atoms with Crippen LogP contribution in [0, 0.1) is 23.0 Å². The molecule has 1 aliphatic rings. The molecule has 0 radical (unpaired) electrons. The van der Waals surface area contributed by atoms with Crippen molar-refractivity contribution in [3.05, 3.63) is 29.3 Å². The maximum atomic E-state index is 14.0. The van der Waals surface area contributed by atoms with Crippen LogP contribution in [0.5, 0.6) is 0 Å². The molecule has 1 aliphatic carbocycles. The average Bonchev–Trinajstić information content (AvgIpc) is 2.93. The minimum Gasteiger partial charge on any atom is -0.395 e. The molecule has 0 amide bonds. The van der Waals surface area contributed by atoms with E-state index in [1.165, 1.54) is 12.1 Å². The third-order valence-electron chi connectivity index (χ3n) is 3.60. The minimum atomic E-state index is -1.11. The van der Waals surface area contributed by atoms with Crippen molar-refractivity contribution in [3.8, 4) is 6.07 Å². The van der Waals surface area contributed by atoms with Crippen LogP contribution in [-0.2, 0) is 0 Å². The van der Waals surface area contributed by atoms with Gasteiger partial charge in [-0.05, 0) is 25.0 Å². The van der Waals surface area contributed by atoms with Gasteiger partial charge in [-0.25, -0.2) is 8.78 Å². The van der Waals surface area contributed by atoms with Crippen molar-refractivity contribution in [2.24, 2.45) is 0 Å². The molecule has 0 bridgehead atoms. The third-order valence-corrected chi connectivity index (χ3v) is 3.60. The van der Waals surface area contributed by atoms with Crippen LogP contribution in [0.15, 0.2) is 12.1 Å². The zero-order valence-electron chi connectivity index (χ0n) is 10.6. The summed E-state index contributed by atoms with van der Waals surface area (Å²) in [6, 6.07) is 4.46. The van der Waals surface area contributed by atoms with E-state index in [4.69, 9.17) is 10.4 Å². The molecule has 19 heavy (non-hydrogen) atoms. The Morgan fingerprint density at radius 2 is 1.95 bits per heavy atom. The summed E-state index contributed by atoms with van der Waals surface area (Å²) in [5, 5.41) is 17.8. The molecule has 0 spiro atoms. The average molecular weight is 266 g/mol. The van der Waals surface area contributed by atoms with Crippen molar-refractivity contribution in [2.45, 2.75) is 31.7 Å². The summed E-state index contributed by atoms with van der Waals surface area (Å²) in [6.45, 7) is 0.157. The van der Waals surface area contributed by atoms with Crippen molar-refractivity contribution in [1.82, 2.24) is 0 Å². The number of rotatable bonds is 4. The third kappa shape index (κ3) is 2.69. The van der Waals surface area contributed by atoms with Crippen molar-refractivity contribution in [3.63, 3.8) is 0 Å². The summed E-state index contributed by atoms with van der Waals surface area (Å²) < 4.78 is 27.7. The summed E-state index contributed by atoms with van der Waals surface area (Å²) in [6.07, 6.45) is 3.96. The van der Waals surface area contributed by atoms with E-state index < -0.39 is 11.6 Å². The van der Waals surface area contributed by atoms with Gasteiger partial charge in [0.25, 0.3) is 0 Å². The van der Waals surface area contributed by atoms with E-state index in [1.807, 2.05) is 0 Å². The molecule has 1 N–H and O–H groups in total. The van der Waals surface area contributed by atoms with Gasteiger partial charge >= 0.3 is 0 Å². The van der Waals surface area contributed by atoms with Crippen LogP contribution in [0.4, 0.5) is 14.5 Å². The number of hydrogen-bond donors (Lipinski definition) is 1. The second-order valence-corrected chi connectivity index (χ2v) is 4.73. The Morgan fingerprint density at radius 3 is 2.53 bits per heavy atom. The maximum Gasteiger partial charge on any atom is 0.183 e. The van der Waals surface area contributed by atoms with Crippen molar-refractivity contribution < 1.29 is 13.9 Å². The molecule has 1 saturated carbocycles. The first-order chi connectivity index (χ1) is 9.19. The van der Waals surface area contributed by atoms with Crippen LogP contribution in [0.25, 0.3) is 0 Å². The van der Waals surface area contributed by atoms with Gasteiger partial charge in [0.1, 0.15) is 6.07 Å². The summed E-state index contributed by atoms with van der Waals surface area (Å²) in [5.41, 5.74) is -0.158. The molecule has 3 nitrogen and oxygen atoms in total. The monoisotopic (exact) mass is 266 g/mol. The fourth-order valence-electron chi connectivity index (χ4n) is 2.67. The van der Waals surface area contributed by atoms with Gasteiger partial charge in [0.05, 0.1) is 17.9 Å². The molecule has 5 heteroatoms. The lowest BCUT2D eigenvalue weighted by Crippen LogP contribution is -2.36. The predicted octanol–water partition coefficient (Wildman–Crippen LogP) is 2.58. The van der Waals surface area contributed by atoms with Crippen LogP contribution >= 0.6 is 0 Å². The number of nitrogens with zero attached hydrogens (tertiary/aromatic N) is 2. The number of hydrogen-bond acceptors (Lipinski definition) is 3. The molecule has 0 unspecified atom stereocenters. The Bertz CT molecular complexity index is 493. The molecular formula is C14H16F2N2O. The van der Waals surface area contributed by atoms with E-state index in [1.54, 1.807) is 11.0 Å². The van der Waals surface area contributed by atoms with E-state index in [0.717, 1.165) is 25.7 Å². The van der Waals surface area contributed by atoms with Crippen LogP contribution in [0.2, 0.25) is 0 Å². The first-order valence-corrected chi connectivity index (χ1v) is 6.44. The number of nitriles is 1. The first-order valence-electron chi connectivity index (χ1n) is 6.44. The maximum absolute atomic E-state index is 14.0. The largest absolute Gasteiger partial charge is 0.395 e. The Labute approximate surface area is 111 Å². The molecule has 0 aliphatic heterocycles. The number of halogens is 2. The zero-order valence-corrected chi connectivity index (χ0v) is 10.6. The zero-order chi connectivity index (χ0) is 13.8. The van der Waals surface area contributed by atoms with Gasteiger partial charge in [-0.3, -0.25) is 0 Å². The molecule has 102 valence electrons. The number of anilines is 1. The molecule has 0 atom stereocenters. The topological polar surface area (TPSA) is 47.3 Å². The quantitative estimate of drug-likeness (QED) is 0.911. The second kappa shape index (κ2) is 5.98. The molecule has 2 rings (SSSR count). The van der Waals surface area contributed by atoms with Crippen molar-refractivity contribution >= 4 is 5.69 Å². The molecule has 1 fully saturated rings. The molecule has 0 heterocycles. The predicted molar refractivity (Wildman–Crippen MR) is 67.8 cm³/mol. The van der Waals surface area contributed by atoms with Gasteiger partial charge in [-0.15, -0.1) is 0 Å². The Balaban J connectivity index is 2.36. The van der Waals surface area contributed by atoms with Crippen LogP contribution in [-0.4, -0.2) is 24.3 Å². The van der Waals surface area contributed by atoms with Crippen LogP contribution < -0.4 is 4.90 Å². The molecule has 1 aromatic carbocycles. The highest BCUT2D eigenvalue weighted by Gasteiger charge is 2.26.